The van der Waals surface area contributed by atoms with Crippen LogP contribution in [0.4, 0.5) is 23.0 Å². The van der Waals surface area contributed by atoms with Crippen LogP contribution in [0.15, 0.2) is 36.5 Å². The average Bonchev–Trinajstić information content (AvgIpc) is 3.25. The predicted octanol–water partition coefficient (Wildman–Crippen LogP) is 4.10. The largest absolute Gasteiger partial charge is 0.494 e. The molecule has 1 aromatic heterocycles. The van der Waals surface area contributed by atoms with Crippen LogP contribution in [-0.4, -0.2) is 88.6 Å². The van der Waals surface area contributed by atoms with Crippen molar-refractivity contribution >= 4 is 48.2 Å². The highest BCUT2D eigenvalue weighted by Crippen LogP contribution is 2.44. The zero-order valence-corrected chi connectivity index (χ0v) is 25.1. The van der Waals surface area contributed by atoms with Crippen LogP contribution in [0.25, 0.3) is 11.3 Å². The van der Waals surface area contributed by atoms with Crippen molar-refractivity contribution in [3.8, 4) is 23.1 Å². The fraction of sp³-hybridized carbons (Fsp3) is 0.400. The van der Waals surface area contributed by atoms with Crippen LogP contribution < -0.4 is 19.8 Å². The summed E-state index contributed by atoms with van der Waals surface area (Å²) in [6.45, 7) is 10.0. The van der Waals surface area contributed by atoms with Gasteiger partial charge in [0.1, 0.15) is 18.0 Å². The van der Waals surface area contributed by atoms with Crippen molar-refractivity contribution in [3.05, 3.63) is 52.7 Å². The summed E-state index contributed by atoms with van der Waals surface area (Å²) in [4.78, 5) is 26.9. The molecule has 1 N–H and O–H groups in total. The number of carbonyl (C=O) groups excluding carboxylic acids is 1. The molecule has 0 bridgehead atoms. The summed E-state index contributed by atoms with van der Waals surface area (Å²) >= 11 is 6.78. The molecule has 42 heavy (non-hydrogen) atoms. The van der Waals surface area contributed by atoms with E-state index < -0.39 is 0 Å². The number of hydrogen-bond acceptors (Lipinski definition) is 10. The van der Waals surface area contributed by atoms with Crippen LogP contribution in [0, 0.1) is 11.3 Å². The Morgan fingerprint density at radius 2 is 1.98 bits per heavy atom. The lowest BCUT2D eigenvalue weighted by atomic mass is 9.84. The van der Waals surface area contributed by atoms with Gasteiger partial charge in [-0.15, -0.1) is 0 Å². The topological polar surface area (TPSA) is 107 Å². The van der Waals surface area contributed by atoms with Gasteiger partial charge in [0.25, 0.3) is 0 Å². The van der Waals surface area contributed by atoms with Crippen molar-refractivity contribution in [2.24, 2.45) is 0 Å². The van der Waals surface area contributed by atoms with Gasteiger partial charge in [0, 0.05) is 75.3 Å². The van der Waals surface area contributed by atoms with Crippen LogP contribution in [0.1, 0.15) is 25.0 Å². The molecule has 1 radical (unpaired) electrons. The zero-order chi connectivity index (χ0) is 29.9. The minimum Gasteiger partial charge on any atom is -0.494 e. The third kappa shape index (κ3) is 6.02. The fourth-order valence-corrected chi connectivity index (χ4v) is 5.95. The molecule has 3 aromatic rings. The van der Waals surface area contributed by atoms with Gasteiger partial charge >= 0.3 is 7.41 Å². The number of benzene rings is 2. The molecule has 2 aromatic carbocycles. The normalized spacial score (nSPS) is 16.1. The number of nitriles is 1. The molecule has 2 aliphatic heterocycles. The number of methoxy groups -OCH3 is 2. The predicted molar refractivity (Wildman–Crippen MR) is 167 cm³/mol. The third-order valence-corrected chi connectivity index (χ3v) is 8.15. The summed E-state index contributed by atoms with van der Waals surface area (Å²) in [5, 5.41) is 13.8. The standard InChI is InChI=1S/C30H34BClN7O3/c1-30(2)18-39(31-19-40)28-21(17-33)13-20(14-22(28)30)24-5-6-34-29(35-24)36-25-15-23(32)26(16-27(25)42-4)38-9-7-37(8-10-38)11-12-41-3/h5-6,13-16,19H,7-12,18H2,1-4H3,(H,34,35,36). The van der Waals surface area contributed by atoms with Gasteiger partial charge in [-0.3, -0.25) is 4.90 Å². The average molecular weight is 587 g/mol. The SMILES string of the molecule is COCCN1CCN(c2cc(OC)c(Nc3nccc(-c4cc(C#N)c5c(c4)C(C)(C)CN5[B]C=O)n3)cc2Cl)CC1. The first kappa shape index (κ1) is 29.6. The molecular weight excluding hydrogens is 553 g/mol. The van der Waals surface area contributed by atoms with E-state index in [4.69, 9.17) is 26.1 Å². The number of rotatable bonds is 10. The van der Waals surface area contributed by atoms with Crippen LogP contribution in [-0.2, 0) is 14.9 Å². The Balaban J connectivity index is 1.40. The lowest BCUT2D eigenvalue weighted by Crippen LogP contribution is -2.47. The molecule has 10 nitrogen and oxygen atoms in total. The number of hydrogen-bond donors (Lipinski definition) is 1. The quantitative estimate of drug-likeness (QED) is 0.276. The van der Waals surface area contributed by atoms with E-state index in [1.54, 1.807) is 26.5 Å². The van der Waals surface area contributed by atoms with Gasteiger partial charge < -0.3 is 29.3 Å². The smallest absolute Gasteiger partial charge is 0.329 e. The highest BCUT2D eigenvalue weighted by molar-refractivity contribution is 6.70. The number of fused-ring (bicyclic) bond motifs is 1. The van der Waals surface area contributed by atoms with Crippen molar-refractivity contribution in [2.75, 3.05) is 75.1 Å². The van der Waals surface area contributed by atoms with E-state index in [2.05, 4.69) is 40.0 Å². The van der Waals surface area contributed by atoms with Gasteiger partial charge in [0.2, 0.25) is 5.95 Å². The van der Waals surface area contributed by atoms with Gasteiger partial charge in [-0.1, -0.05) is 25.4 Å². The van der Waals surface area contributed by atoms with Crippen molar-refractivity contribution < 1.29 is 14.3 Å². The molecule has 217 valence electrons. The zero-order valence-electron chi connectivity index (χ0n) is 24.4. The Kier molecular flexibility index (Phi) is 8.87. The second-order valence-corrected chi connectivity index (χ2v) is 11.5. The maximum atomic E-state index is 11.2. The van der Waals surface area contributed by atoms with Crippen molar-refractivity contribution in [1.29, 1.82) is 5.26 Å². The van der Waals surface area contributed by atoms with E-state index in [-0.39, 0.29) is 5.41 Å². The number of halogens is 1. The molecule has 0 spiro atoms. The first-order chi connectivity index (χ1) is 20.3. The molecule has 1 saturated heterocycles. The molecule has 0 unspecified atom stereocenters. The molecule has 2 aliphatic rings. The molecule has 0 aliphatic carbocycles. The molecular formula is C30H34BClN7O3. The van der Waals surface area contributed by atoms with E-state index in [1.807, 2.05) is 29.1 Å². The number of anilines is 4. The molecule has 3 heterocycles. The molecule has 5 rings (SSSR count). The van der Waals surface area contributed by atoms with Gasteiger partial charge in [-0.2, -0.15) is 5.26 Å². The number of ether oxygens (including phenoxy) is 2. The summed E-state index contributed by atoms with van der Waals surface area (Å²) in [7, 11) is 4.83. The number of piperazine rings is 1. The summed E-state index contributed by atoms with van der Waals surface area (Å²) in [6.07, 6.45) is 2.42. The number of carbonyl (C=O) groups is 1. The number of nitrogens with zero attached hydrogens (tertiary/aromatic N) is 6. The van der Waals surface area contributed by atoms with Crippen LogP contribution in [0.2, 0.25) is 5.02 Å². The second-order valence-electron chi connectivity index (χ2n) is 11.0. The minimum absolute atomic E-state index is 0.257. The van der Waals surface area contributed by atoms with Gasteiger partial charge in [-0.05, 0) is 29.8 Å². The van der Waals surface area contributed by atoms with E-state index in [0.29, 0.717) is 40.2 Å². The van der Waals surface area contributed by atoms with E-state index in [0.717, 1.165) is 68.0 Å². The number of aromatic nitrogens is 2. The minimum atomic E-state index is -0.257. The van der Waals surface area contributed by atoms with Crippen molar-refractivity contribution in [2.45, 2.75) is 19.3 Å². The highest BCUT2D eigenvalue weighted by Gasteiger charge is 2.37. The molecule has 0 saturated carbocycles. The first-order valence-corrected chi connectivity index (χ1v) is 14.2. The lowest BCUT2D eigenvalue weighted by Gasteiger charge is -2.36. The molecule has 1 fully saturated rings. The second kappa shape index (κ2) is 12.6. The molecule has 0 atom stereocenters. The third-order valence-electron chi connectivity index (χ3n) is 7.84. The Morgan fingerprint density at radius 3 is 2.67 bits per heavy atom. The summed E-state index contributed by atoms with van der Waals surface area (Å²) in [5.74, 6) is 0.998. The van der Waals surface area contributed by atoms with E-state index >= 15 is 0 Å². The van der Waals surface area contributed by atoms with E-state index in [9.17, 15) is 10.1 Å². The maximum absolute atomic E-state index is 11.2. The van der Waals surface area contributed by atoms with E-state index in [1.165, 1.54) is 7.41 Å². The van der Waals surface area contributed by atoms with Crippen LogP contribution in [0.5, 0.6) is 5.75 Å². The van der Waals surface area contributed by atoms with Gasteiger partial charge in [-0.25, -0.2) is 9.97 Å². The fourth-order valence-electron chi connectivity index (χ4n) is 5.67. The first-order valence-electron chi connectivity index (χ1n) is 13.9. The Hall–Kier alpha value is -3.85. The summed E-state index contributed by atoms with van der Waals surface area (Å²) in [6, 6.07) is 11.7. The maximum Gasteiger partial charge on any atom is 0.329 e. The Morgan fingerprint density at radius 1 is 1.19 bits per heavy atom. The van der Waals surface area contributed by atoms with Crippen LogP contribution in [0.3, 0.4) is 0 Å². The Bertz CT molecular complexity index is 1500. The highest BCUT2D eigenvalue weighted by atomic mass is 35.5. The molecule has 12 heteroatoms. The monoisotopic (exact) mass is 586 g/mol. The van der Waals surface area contributed by atoms with Crippen molar-refractivity contribution in [1.82, 2.24) is 14.9 Å². The summed E-state index contributed by atoms with van der Waals surface area (Å²) in [5.41, 5.74) is 5.01. The van der Waals surface area contributed by atoms with Crippen LogP contribution >= 0.6 is 11.6 Å². The van der Waals surface area contributed by atoms with Gasteiger partial charge in [0.15, 0.2) is 0 Å². The number of nitrogens with one attached hydrogen (secondary N) is 1. The summed E-state index contributed by atoms with van der Waals surface area (Å²) < 4.78 is 10.9. The Labute approximate surface area is 252 Å². The van der Waals surface area contributed by atoms with Gasteiger partial charge in [0.05, 0.1) is 41.4 Å². The lowest BCUT2D eigenvalue weighted by molar-refractivity contribution is 0.144. The van der Waals surface area contributed by atoms with Crippen molar-refractivity contribution in [3.63, 3.8) is 0 Å². The molecule has 0 amide bonds.